The third kappa shape index (κ3) is 5.23. The molecule has 1 aromatic rings. The van der Waals surface area contributed by atoms with Crippen molar-refractivity contribution in [3.8, 4) is 0 Å². The molecule has 1 rings (SSSR count). The maximum absolute atomic E-state index is 4.45. The largest absolute Gasteiger partial charge is 0.0993 e. The van der Waals surface area contributed by atoms with Gasteiger partial charge >= 0.3 is 0 Å². The van der Waals surface area contributed by atoms with Crippen LogP contribution in [0.5, 0.6) is 0 Å². The van der Waals surface area contributed by atoms with Crippen molar-refractivity contribution in [3.05, 3.63) is 47.5 Å². The van der Waals surface area contributed by atoms with Crippen molar-refractivity contribution in [3.63, 3.8) is 0 Å². The minimum Gasteiger partial charge on any atom is -0.0993 e. The van der Waals surface area contributed by atoms with Crippen molar-refractivity contribution < 1.29 is 0 Å². The lowest BCUT2D eigenvalue weighted by Crippen LogP contribution is -2.27. The molecular formula is C24H40. The molecule has 0 radical (unpaired) electrons. The lowest BCUT2D eigenvalue weighted by atomic mass is 9.69. The van der Waals surface area contributed by atoms with Gasteiger partial charge in [-0.2, -0.15) is 0 Å². The Kier molecular flexibility index (Phi) is 8.27. The van der Waals surface area contributed by atoms with Gasteiger partial charge in [-0.15, -0.1) is 0 Å². The van der Waals surface area contributed by atoms with Crippen molar-refractivity contribution in [1.29, 1.82) is 0 Å². The predicted octanol–water partition coefficient (Wildman–Crippen LogP) is 7.64. The molecule has 0 saturated carbocycles. The second-order valence-corrected chi connectivity index (χ2v) is 8.33. The summed E-state index contributed by atoms with van der Waals surface area (Å²) < 4.78 is 0. The summed E-state index contributed by atoms with van der Waals surface area (Å²) in [5.41, 5.74) is 4.26. The molecule has 0 N–H and O–H groups in total. The lowest BCUT2D eigenvalue weighted by Gasteiger charge is -2.36. The van der Waals surface area contributed by atoms with E-state index in [2.05, 4.69) is 86.2 Å². The van der Waals surface area contributed by atoms with Gasteiger partial charge in [0.25, 0.3) is 0 Å². The molecule has 0 aromatic heterocycles. The van der Waals surface area contributed by atoms with Crippen molar-refractivity contribution in [1.82, 2.24) is 0 Å². The molecule has 0 bridgehead atoms. The second kappa shape index (κ2) is 9.44. The highest BCUT2D eigenvalue weighted by Gasteiger charge is 2.29. The smallest absolute Gasteiger partial charge is 0.0162 e. The molecule has 6 atom stereocenters. The summed E-state index contributed by atoms with van der Waals surface area (Å²) in [6.45, 7) is 23.3. The van der Waals surface area contributed by atoms with Gasteiger partial charge in [-0.05, 0) is 54.4 Å². The molecular weight excluding hydrogens is 288 g/mol. The van der Waals surface area contributed by atoms with E-state index >= 15 is 0 Å². The predicted molar refractivity (Wildman–Crippen MR) is 109 cm³/mol. The van der Waals surface area contributed by atoms with Crippen LogP contribution in [-0.4, -0.2) is 0 Å². The maximum Gasteiger partial charge on any atom is -0.0162 e. The molecule has 0 aliphatic rings. The second-order valence-electron chi connectivity index (χ2n) is 8.33. The van der Waals surface area contributed by atoms with Crippen molar-refractivity contribution in [2.45, 2.75) is 74.1 Å². The van der Waals surface area contributed by atoms with E-state index in [1.807, 2.05) is 0 Å². The highest BCUT2D eigenvalue weighted by atomic mass is 14.3. The summed E-state index contributed by atoms with van der Waals surface area (Å²) in [6.07, 6.45) is 2.51. The Morgan fingerprint density at radius 3 is 1.92 bits per heavy atom. The van der Waals surface area contributed by atoms with Gasteiger partial charge in [0.15, 0.2) is 0 Å². The first-order valence-electron chi connectivity index (χ1n) is 9.95. The van der Waals surface area contributed by atoms with E-state index < -0.39 is 0 Å². The molecule has 1 aromatic carbocycles. The van der Waals surface area contributed by atoms with Crippen molar-refractivity contribution in [2.24, 2.45) is 29.6 Å². The molecule has 0 heterocycles. The van der Waals surface area contributed by atoms with E-state index in [0.717, 1.165) is 0 Å². The molecule has 0 heteroatoms. The van der Waals surface area contributed by atoms with E-state index in [4.69, 9.17) is 0 Å². The zero-order valence-electron chi connectivity index (χ0n) is 17.4. The summed E-state index contributed by atoms with van der Waals surface area (Å²) in [7, 11) is 0. The van der Waals surface area contributed by atoms with Crippen LogP contribution >= 0.6 is 0 Å². The molecule has 136 valence electrons. The Morgan fingerprint density at radius 1 is 0.875 bits per heavy atom. The van der Waals surface area contributed by atoms with E-state index in [0.29, 0.717) is 35.5 Å². The standard InChI is InChI=1S/C24H40/c1-10-11-17(3)18(4)19(5)20(6)21(7)22(8)23(9)24-14-12-16(2)13-15-24/h12-15,17,19-23H,4,10-11H2,1-3,5-9H3. The van der Waals surface area contributed by atoms with Crippen LogP contribution in [0, 0.1) is 36.5 Å². The number of allylic oxidation sites excluding steroid dienone is 1. The molecule has 0 nitrogen and oxygen atoms in total. The van der Waals surface area contributed by atoms with Crippen LogP contribution < -0.4 is 0 Å². The first kappa shape index (κ1) is 21.0. The molecule has 0 saturated heterocycles. The van der Waals surface area contributed by atoms with Gasteiger partial charge in [0.05, 0.1) is 0 Å². The molecule has 0 amide bonds. The SMILES string of the molecule is C=C(C(C)CCC)C(C)C(C)C(C)C(C)C(C)c1ccc(C)cc1. The maximum atomic E-state index is 4.45. The summed E-state index contributed by atoms with van der Waals surface area (Å²) >= 11 is 0. The van der Waals surface area contributed by atoms with E-state index in [1.165, 1.54) is 29.5 Å². The highest BCUT2D eigenvalue weighted by Crippen LogP contribution is 2.39. The van der Waals surface area contributed by atoms with E-state index in [9.17, 15) is 0 Å². The van der Waals surface area contributed by atoms with Crippen LogP contribution in [0.25, 0.3) is 0 Å². The van der Waals surface area contributed by atoms with Crippen LogP contribution in [0.4, 0.5) is 0 Å². The average Bonchev–Trinajstić information content (AvgIpc) is 2.58. The molecule has 24 heavy (non-hydrogen) atoms. The first-order chi connectivity index (χ1) is 11.2. The monoisotopic (exact) mass is 328 g/mol. The molecule has 0 spiro atoms. The van der Waals surface area contributed by atoms with E-state index in [-0.39, 0.29) is 0 Å². The molecule has 0 aliphatic carbocycles. The third-order valence-electron chi connectivity index (χ3n) is 6.78. The summed E-state index contributed by atoms with van der Waals surface area (Å²) in [5.74, 6) is 3.84. The minimum atomic E-state index is 0.592. The van der Waals surface area contributed by atoms with Gasteiger partial charge in [-0.3, -0.25) is 0 Å². The number of benzene rings is 1. The zero-order valence-corrected chi connectivity index (χ0v) is 17.4. The van der Waals surface area contributed by atoms with Gasteiger partial charge in [0.2, 0.25) is 0 Å². The Hall–Kier alpha value is -1.04. The fourth-order valence-electron chi connectivity index (χ4n) is 3.97. The first-order valence-corrected chi connectivity index (χ1v) is 9.95. The molecule has 0 fully saturated rings. The third-order valence-corrected chi connectivity index (χ3v) is 6.78. The minimum absolute atomic E-state index is 0.592. The van der Waals surface area contributed by atoms with Crippen LogP contribution in [-0.2, 0) is 0 Å². The summed E-state index contributed by atoms with van der Waals surface area (Å²) in [4.78, 5) is 0. The van der Waals surface area contributed by atoms with E-state index in [1.54, 1.807) is 0 Å². The van der Waals surface area contributed by atoms with Crippen LogP contribution in [0.1, 0.15) is 78.4 Å². The van der Waals surface area contributed by atoms with Gasteiger partial charge in [-0.25, -0.2) is 0 Å². The molecule has 0 aliphatic heterocycles. The van der Waals surface area contributed by atoms with Gasteiger partial charge in [0.1, 0.15) is 0 Å². The number of rotatable bonds is 9. The van der Waals surface area contributed by atoms with Gasteiger partial charge < -0.3 is 0 Å². The number of hydrogen-bond acceptors (Lipinski definition) is 0. The highest BCUT2D eigenvalue weighted by molar-refractivity contribution is 5.24. The Bertz CT molecular complexity index is 495. The lowest BCUT2D eigenvalue weighted by molar-refractivity contribution is 0.204. The normalized spacial score (nSPS) is 19.2. The van der Waals surface area contributed by atoms with Gasteiger partial charge in [0, 0.05) is 0 Å². The average molecular weight is 329 g/mol. The van der Waals surface area contributed by atoms with Crippen molar-refractivity contribution in [2.75, 3.05) is 0 Å². The van der Waals surface area contributed by atoms with Crippen molar-refractivity contribution >= 4 is 0 Å². The van der Waals surface area contributed by atoms with Crippen LogP contribution in [0.3, 0.4) is 0 Å². The zero-order chi connectivity index (χ0) is 18.4. The fraction of sp³-hybridized carbons (Fsp3) is 0.667. The number of hydrogen-bond donors (Lipinski definition) is 0. The van der Waals surface area contributed by atoms with Gasteiger partial charge in [-0.1, -0.05) is 96.9 Å². The Labute approximate surface area is 151 Å². The fourth-order valence-corrected chi connectivity index (χ4v) is 3.97. The summed E-state index contributed by atoms with van der Waals surface area (Å²) in [5, 5.41) is 0. The number of aryl methyl sites for hydroxylation is 1. The van der Waals surface area contributed by atoms with Crippen LogP contribution in [0.15, 0.2) is 36.4 Å². The Morgan fingerprint density at radius 2 is 1.42 bits per heavy atom. The topological polar surface area (TPSA) is 0 Å². The summed E-state index contributed by atoms with van der Waals surface area (Å²) in [6, 6.07) is 9.09. The van der Waals surface area contributed by atoms with Crippen LogP contribution in [0.2, 0.25) is 0 Å². The molecule has 6 unspecified atom stereocenters. The Balaban J connectivity index is 2.77. The quantitative estimate of drug-likeness (QED) is 0.409.